The molecule has 12 heteroatoms. The third-order valence-corrected chi connectivity index (χ3v) is 8.34. The number of hydrogen-bond acceptors (Lipinski definition) is 7. The number of imide groups is 1. The van der Waals surface area contributed by atoms with E-state index in [0.29, 0.717) is 23.2 Å². The predicted molar refractivity (Wildman–Crippen MR) is 121 cm³/mol. The number of aryl methyl sites for hydroxylation is 1. The minimum Gasteiger partial charge on any atom is -0.344 e. The molecule has 0 aliphatic carbocycles. The van der Waals surface area contributed by atoms with Crippen molar-refractivity contribution < 1.29 is 27.7 Å². The van der Waals surface area contributed by atoms with Gasteiger partial charge in [0.05, 0.1) is 23.0 Å². The minimum absolute atomic E-state index is 0.0115. The molecule has 2 unspecified atom stereocenters. The molecular formula is C22H24N4O7S. The number of amides is 3. The molecule has 2 fully saturated rings. The molecule has 0 saturated carbocycles. The maximum atomic E-state index is 13.1. The number of nitrogens with zero attached hydrogens (tertiary/aromatic N) is 3. The number of aromatic nitrogens is 1. The molecule has 1 aromatic carbocycles. The summed E-state index contributed by atoms with van der Waals surface area (Å²) in [7, 11) is -3.12. The number of urea groups is 1. The average Bonchev–Trinajstić information content (AvgIpc) is 3.35. The standard InChI is InChI=1S/C22H24N4O7S/c1-13-10-18(14(2)25(13)17-8-9-34(32,33)12-17)19(27)11-24-20(28)22(3,23-21(24)29)15-4-6-16(7-5-15)26(30)31/h4-7,10,17H,8-9,11-12H2,1-3H3,(H,23,29). The third-order valence-electron chi connectivity index (χ3n) is 6.59. The summed E-state index contributed by atoms with van der Waals surface area (Å²) >= 11 is 0. The van der Waals surface area contributed by atoms with Crippen molar-refractivity contribution >= 4 is 33.2 Å². The van der Waals surface area contributed by atoms with E-state index in [1.807, 2.05) is 4.57 Å². The second kappa shape index (κ2) is 8.05. The van der Waals surface area contributed by atoms with Gasteiger partial charge >= 0.3 is 6.03 Å². The lowest BCUT2D eigenvalue weighted by atomic mass is 9.92. The van der Waals surface area contributed by atoms with Crippen molar-refractivity contribution in [2.45, 2.75) is 38.8 Å². The van der Waals surface area contributed by atoms with Gasteiger partial charge < -0.3 is 9.88 Å². The first-order valence-electron chi connectivity index (χ1n) is 10.6. The SMILES string of the molecule is Cc1cc(C(=O)CN2C(=O)NC(C)(c3ccc([N+](=O)[O-])cc3)C2=O)c(C)n1C1CCS(=O)(=O)C1. The van der Waals surface area contributed by atoms with Crippen LogP contribution in [0, 0.1) is 24.0 Å². The van der Waals surface area contributed by atoms with Crippen molar-refractivity contribution in [3.05, 3.63) is 63.0 Å². The number of hydrogen-bond donors (Lipinski definition) is 1. The van der Waals surface area contributed by atoms with Crippen molar-refractivity contribution in [3.8, 4) is 0 Å². The third kappa shape index (κ3) is 3.87. The Morgan fingerprint density at radius 1 is 1.24 bits per heavy atom. The molecule has 11 nitrogen and oxygen atoms in total. The first-order chi connectivity index (χ1) is 15.8. The van der Waals surface area contributed by atoms with Crippen LogP contribution >= 0.6 is 0 Å². The quantitative estimate of drug-likeness (QED) is 0.283. The number of ketones is 1. The van der Waals surface area contributed by atoms with E-state index in [1.54, 1.807) is 19.9 Å². The summed E-state index contributed by atoms with van der Waals surface area (Å²) in [4.78, 5) is 50.0. The van der Waals surface area contributed by atoms with Crippen molar-refractivity contribution in [2.75, 3.05) is 18.1 Å². The molecular weight excluding hydrogens is 464 g/mol. The van der Waals surface area contributed by atoms with Crippen molar-refractivity contribution in [1.29, 1.82) is 0 Å². The molecule has 2 saturated heterocycles. The zero-order valence-corrected chi connectivity index (χ0v) is 19.7. The lowest BCUT2D eigenvalue weighted by Gasteiger charge is -2.22. The second-order valence-electron chi connectivity index (χ2n) is 8.89. The van der Waals surface area contributed by atoms with E-state index in [-0.39, 0.29) is 23.2 Å². The zero-order chi connectivity index (χ0) is 25.0. The number of nitrogens with one attached hydrogen (secondary N) is 1. The van der Waals surface area contributed by atoms with E-state index in [4.69, 9.17) is 0 Å². The van der Waals surface area contributed by atoms with Crippen LogP contribution in [0.2, 0.25) is 0 Å². The number of nitro benzene ring substituents is 1. The van der Waals surface area contributed by atoms with E-state index in [1.165, 1.54) is 31.2 Å². The Morgan fingerprint density at radius 3 is 2.44 bits per heavy atom. The monoisotopic (exact) mass is 488 g/mol. The lowest BCUT2D eigenvalue weighted by Crippen LogP contribution is -2.41. The summed E-state index contributed by atoms with van der Waals surface area (Å²) < 4.78 is 25.7. The van der Waals surface area contributed by atoms with Gasteiger partial charge in [-0.05, 0) is 51.0 Å². The van der Waals surface area contributed by atoms with E-state index in [9.17, 15) is 32.9 Å². The molecule has 0 radical (unpaired) electrons. The van der Waals surface area contributed by atoms with Crippen LogP contribution < -0.4 is 5.32 Å². The Morgan fingerprint density at radius 2 is 1.88 bits per heavy atom. The van der Waals surface area contributed by atoms with Crippen LogP contribution in [0.4, 0.5) is 10.5 Å². The summed E-state index contributed by atoms with van der Waals surface area (Å²) in [6.45, 7) is 4.50. The summed E-state index contributed by atoms with van der Waals surface area (Å²) in [5, 5.41) is 13.5. The van der Waals surface area contributed by atoms with Crippen molar-refractivity contribution in [3.63, 3.8) is 0 Å². The molecule has 3 amide bonds. The number of benzene rings is 1. The molecule has 3 heterocycles. The molecule has 2 atom stereocenters. The van der Waals surface area contributed by atoms with Gasteiger partial charge in [0.1, 0.15) is 5.54 Å². The number of carbonyl (C=O) groups excluding carboxylic acids is 3. The molecule has 2 aromatic rings. The first-order valence-corrected chi connectivity index (χ1v) is 12.5. The van der Waals surface area contributed by atoms with E-state index in [0.717, 1.165) is 10.6 Å². The predicted octanol–water partition coefficient (Wildman–Crippen LogP) is 2.02. The van der Waals surface area contributed by atoms with Crippen molar-refractivity contribution in [2.24, 2.45) is 0 Å². The maximum Gasteiger partial charge on any atom is 0.325 e. The van der Waals surface area contributed by atoms with Crippen LogP contribution in [0.3, 0.4) is 0 Å². The molecule has 0 bridgehead atoms. The Hall–Kier alpha value is -3.54. The van der Waals surface area contributed by atoms with Crippen molar-refractivity contribution in [1.82, 2.24) is 14.8 Å². The number of nitro groups is 1. The number of non-ortho nitro benzene ring substituents is 1. The van der Waals surface area contributed by atoms with E-state index < -0.39 is 44.6 Å². The summed E-state index contributed by atoms with van der Waals surface area (Å²) in [6, 6.07) is 5.92. The highest BCUT2D eigenvalue weighted by atomic mass is 32.2. The van der Waals surface area contributed by atoms with Crippen LogP contribution in [0.1, 0.15) is 46.7 Å². The number of rotatable bonds is 6. The van der Waals surface area contributed by atoms with Crippen LogP contribution in [-0.4, -0.2) is 58.6 Å². The fourth-order valence-corrected chi connectivity index (χ4v) is 6.48. The highest BCUT2D eigenvalue weighted by Gasteiger charge is 2.49. The molecule has 4 rings (SSSR count). The van der Waals surface area contributed by atoms with Crippen LogP contribution in [0.5, 0.6) is 0 Å². The van der Waals surface area contributed by atoms with Gasteiger partial charge in [0.15, 0.2) is 15.6 Å². The molecule has 2 aliphatic rings. The minimum atomic E-state index is -3.12. The molecule has 2 aliphatic heterocycles. The molecule has 1 N–H and O–H groups in total. The normalized spacial score (nSPS) is 23.9. The van der Waals surface area contributed by atoms with Gasteiger partial charge in [0.2, 0.25) is 0 Å². The van der Waals surface area contributed by atoms with E-state index in [2.05, 4.69) is 5.32 Å². The van der Waals surface area contributed by atoms with Gasteiger partial charge in [-0.25, -0.2) is 13.2 Å². The Bertz CT molecular complexity index is 1330. The zero-order valence-electron chi connectivity index (χ0n) is 18.9. The fraction of sp³-hybridized carbons (Fsp3) is 0.409. The van der Waals surface area contributed by atoms with Gasteiger partial charge in [-0.3, -0.25) is 24.6 Å². The smallest absolute Gasteiger partial charge is 0.325 e. The average molecular weight is 489 g/mol. The van der Waals surface area contributed by atoms with Gasteiger partial charge in [-0.15, -0.1) is 0 Å². The van der Waals surface area contributed by atoms with Crippen LogP contribution in [0.25, 0.3) is 0 Å². The molecule has 0 spiro atoms. The molecule has 34 heavy (non-hydrogen) atoms. The Kier molecular flexibility index (Phi) is 5.59. The summed E-state index contributed by atoms with van der Waals surface area (Å²) in [5.74, 6) is -0.980. The first kappa shape index (κ1) is 23.6. The fourth-order valence-electron chi connectivity index (χ4n) is 4.78. The number of sulfone groups is 1. The highest BCUT2D eigenvalue weighted by Crippen LogP contribution is 2.32. The number of Topliss-reactive ketones (excluding diaryl/α,β-unsaturated/α-hetero) is 1. The highest BCUT2D eigenvalue weighted by molar-refractivity contribution is 7.91. The molecule has 1 aromatic heterocycles. The van der Waals surface area contributed by atoms with Crippen LogP contribution in [0.15, 0.2) is 30.3 Å². The number of carbonyl (C=O) groups is 3. The Balaban J connectivity index is 1.56. The topological polar surface area (TPSA) is 149 Å². The van der Waals surface area contributed by atoms with Gasteiger partial charge in [-0.1, -0.05) is 0 Å². The molecule has 180 valence electrons. The Labute approximate surface area is 195 Å². The van der Waals surface area contributed by atoms with Crippen LogP contribution in [-0.2, 0) is 20.2 Å². The van der Waals surface area contributed by atoms with Gasteiger partial charge in [0, 0.05) is 35.1 Å². The summed E-state index contributed by atoms with van der Waals surface area (Å²) in [6.07, 6.45) is 0.465. The maximum absolute atomic E-state index is 13.1. The van der Waals surface area contributed by atoms with Gasteiger partial charge in [-0.2, -0.15) is 0 Å². The lowest BCUT2D eigenvalue weighted by molar-refractivity contribution is -0.384. The summed E-state index contributed by atoms with van der Waals surface area (Å²) in [5.41, 5.74) is 0.382. The largest absolute Gasteiger partial charge is 0.344 e. The van der Waals surface area contributed by atoms with E-state index >= 15 is 0 Å². The second-order valence-corrected chi connectivity index (χ2v) is 11.1. The van der Waals surface area contributed by atoms with Gasteiger partial charge in [0.25, 0.3) is 11.6 Å².